The van der Waals surface area contributed by atoms with Gasteiger partial charge in [0, 0.05) is 0 Å². The lowest BCUT2D eigenvalue weighted by atomic mass is 13.7. The molecule has 0 bridgehead atoms. The maximum absolute atomic E-state index is 2.80. The molecule has 1 aliphatic rings. The molecule has 0 atom stereocenters. The Labute approximate surface area is 72.6 Å². The van der Waals surface area contributed by atoms with Crippen molar-refractivity contribution < 1.29 is 0 Å². The van der Waals surface area contributed by atoms with Crippen molar-refractivity contribution in [3.63, 3.8) is 0 Å². The van der Waals surface area contributed by atoms with E-state index in [1.165, 1.54) is 31.2 Å². The molecule has 0 aromatic rings. The van der Waals surface area contributed by atoms with Gasteiger partial charge in [0.25, 0.3) is 0 Å². The van der Waals surface area contributed by atoms with Crippen molar-refractivity contribution in [1.29, 1.82) is 0 Å². The number of hydrogen-bond acceptors (Lipinski definition) is 3. The second kappa shape index (κ2) is 3.54. The van der Waals surface area contributed by atoms with Crippen LogP contribution in [0.2, 0.25) is 0 Å². The molecule has 0 saturated carbocycles. The Hall–Kier alpha value is 1.18. The molecule has 0 unspecified atom stereocenters. The first-order chi connectivity index (χ1) is 4.18. The van der Waals surface area contributed by atoms with Gasteiger partial charge in [-0.3, -0.25) is 0 Å². The molecule has 0 spiro atoms. The topological polar surface area (TPSA) is 9.72 Å². The first-order valence-corrected chi connectivity index (χ1v) is 9.72. The fourth-order valence-electron chi connectivity index (χ4n) is 1.37. The molecule has 0 aliphatic carbocycles. The summed E-state index contributed by atoms with van der Waals surface area (Å²) >= 11 is 0. The molecular weight excluding hydrogens is 211 g/mol. The molecule has 1 rings (SSSR count). The van der Waals surface area contributed by atoms with Crippen molar-refractivity contribution in [1.82, 2.24) is 11.7 Å². The summed E-state index contributed by atoms with van der Waals surface area (Å²) in [5.41, 5.74) is 0. The van der Waals surface area contributed by atoms with Crippen molar-refractivity contribution in [2.75, 3.05) is 0 Å². The summed E-state index contributed by atoms with van der Waals surface area (Å²) in [6.07, 6.45) is 0. The minimum absolute atomic E-state index is 0.220. The van der Waals surface area contributed by atoms with Crippen LogP contribution in [0.1, 0.15) is 0 Å². The predicted octanol–water partition coefficient (Wildman–Crippen LogP) is -7.26. The van der Waals surface area contributed by atoms with E-state index in [0.717, 1.165) is 0 Å². The summed E-state index contributed by atoms with van der Waals surface area (Å²) in [7, 11) is 4.76. The number of hydrogen-bond donors (Lipinski definition) is 0. The van der Waals surface area contributed by atoms with Crippen LogP contribution in [0.15, 0.2) is 0 Å². The highest BCUT2D eigenvalue weighted by Gasteiger charge is 2.14. The second-order valence-electron chi connectivity index (χ2n) is 2.99. The minimum atomic E-state index is 0.220. The Morgan fingerprint density at radius 1 is 0.667 bits per heavy atom. The van der Waals surface area contributed by atoms with E-state index < -0.39 is 0 Å². The van der Waals surface area contributed by atoms with E-state index in [1.807, 2.05) is 0 Å². The summed E-state index contributed by atoms with van der Waals surface area (Å²) in [6, 6.07) is 0. The lowest BCUT2D eigenvalue weighted by molar-refractivity contribution is 0.826. The first-order valence-electron chi connectivity index (χ1n) is 3.24. The van der Waals surface area contributed by atoms with Crippen molar-refractivity contribution in [3.8, 4) is 0 Å². The lowest BCUT2D eigenvalue weighted by Gasteiger charge is -2.37. The van der Waals surface area contributed by atoms with Crippen LogP contribution in [0.3, 0.4) is 0 Å². The molecular formula is H15N3Si6. The molecule has 54 valence electrons. The third-order valence-corrected chi connectivity index (χ3v) is 13.0. The number of nitrogens with zero attached hydrogens (tertiary/aromatic N) is 3. The van der Waals surface area contributed by atoms with Crippen molar-refractivity contribution in [2.24, 2.45) is 0 Å². The molecule has 0 aromatic heterocycles. The highest BCUT2D eigenvalue weighted by molar-refractivity contribution is 6.77. The van der Waals surface area contributed by atoms with Crippen LogP contribution in [0.4, 0.5) is 0 Å². The summed E-state index contributed by atoms with van der Waals surface area (Å²) in [5.74, 6) is 0. The highest BCUT2D eigenvalue weighted by Crippen LogP contribution is 1.89. The molecule has 9 heteroatoms. The SMILES string of the molecule is [SiH3]N1[SiH2]N([SiH3])[SiH2]N([SiH3])[SiH2]1. The summed E-state index contributed by atoms with van der Waals surface area (Å²) < 4.78 is 8.41. The van der Waals surface area contributed by atoms with Gasteiger partial charge in [0.2, 0.25) is 0 Å². The Kier molecular flexibility index (Phi) is 3.25. The largest absolute Gasteiger partial charge is 0.363 e. The lowest BCUT2D eigenvalue weighted by Crippen LogP contribution is -2.58. The molecule has 1 saturated heterocycles. The van der Waals surface area contributed by atoms with E-state index in [-0.39, 0.29) is 29.5 Å². The maximum atomic E-state index is 2.80. The quantitative estimate of drug-likeness (QED) is 0.380. The average Bonchev–Trinajstić information content (AvgIpc) is 1.59. The van der Waals surface area contributed by atoms with Crippen LogP contribution in [0, 0.1) is 0 Å². The van der Waals surface area contributed by atoms with Gasteiger partial charge in [-0.25, -0.2) is 0 Å². The zero-order valence-corrected chi connectivity index (χ0v) is 16.7. The normalized spacial score (nSPS) is 36.0. The van der Waals surface area contributed by atoms with Gasteiger partial charge < -0.3 is 11.7 Å². The summed E-state index contributed by atoms with van der Waals surface area (Å²) in [5, 5.41) is 0. The van der Waals surface area contributed by atoms with Gasteiger partial charge in [-0.15, -0.1) is 0 Å². The molecule has 1 fully saturated rings. The Morgan fingerprint density at radius 3 is 1.11 bits per heavy atom. The smallest absolute Gasteiger partial charge is 0.146 e. The fraction of sp³-hybridized carbons (Fsp3) is 0. The van der Waals surface area contributed by atoms with Crippen molar-refractivity contribution >= 4 is 60.7 Å². The van der Waals surface area contributed by atoms with E-state index in [0.29, 0.717) is 0 Å². The van der Waals surface area contributed by atoms with E-state index in [1.54, 1.807) is 0 Å². The number of rotatable bonds is 0. The van der Waals surface area contributed by atoms with E-state index in [4.69, 9.17) is 0 Å². The summed E-state index contributed by atoms with van der Waals surface area (Å²) in [6.45, 7) is 0. The zero-order chi connectivity index (χ0) is 6.85. The highest BCUT2D eigenvalue weighted by atomic mass is 28.4. The minimum Gasteiger partial charge on any atom is -0.363 e. The van der Waals surface area contributed by atoms with Crippen molar-refractivity contribution in [2.45, 2.75) is 0 Å². The molecule has 1 heterocycles. The molecule has 0 aromatic carbocycles. The van der Waals surface area contributed by atoms with Gasteiger partial charge in [0.05, 0.1) is 31.2 Å². The van der Waals surface area contributed by atoms with Crippen LogP contribution in [0.5, 0.6) is 0 Å². The third-order valence-electron chi connectivity index (χ3n) is 1.45. The van der Waals surface area contributed by atoms with Crippen LogP contribution in [0.25, 0.3) is 0 Å². The van der Waals surface area contributed by atoms with Gasteiger partial charge in [-0.05, 0) is 0 Å². The van der Waals surface area contributed by atoms with Gasteiger partial charge >= 0.3 is 0 Å². The molecule has 0 N–H and O–H groups in total. The zero-order valence-electron chi connectivity index (χ0n) is 6.46. The van der Waals surface area contributed by atoms with Gasteiger partial charge in [0.15, 0.2) is 0 Å². The van der Waals surface area contributed by atoms with Gasteiger partial charge in [-0.1, -0.05) is 0 Å². The van der Waals surface area contributed by atoms with Crippen LogP contribution in [-0.2, 0) is 0 Å². The Bertz CT molecular complexity index is 69.3. The van der Waals surface area contributed by atoms with E-state index >= 15 is 0 Å². The Morgan fingerprint density at radius 2 is 0.889 bits per heavy atom. The second-order valence-corrected chi connectivity index (χ2v) is 24.4. The molecule has 3 nitrogen and oxygen atoms in total. The van der Waals surface area contributed by atoms with Gasteiger partial charge in [-0.2, -0.15) is 0 Å². The molecule has 0 radical (unpaired) electrons. The van der Waals surface area contributed by atoms with Crippen LogP contribution >= 0.6 is 0 Å². The molecule has 1 aliphatic heterocycles. The monoisotopic (exact) mass is 225 g/mol. The van der Waals surface area contributed by atoms with Crippen LogP contribution < -0.4 is 0 Å². The van der Waals surface area contributed by atoms with E-state index in [9.17, 15) is 0 Å². The summed E-state index contributed by atoms with van der Waals surface area (Å²) in [4.78, 5) is 0. The average molecular weight is 226 g/mol. The first kappa shape index (κ1) is 8.28. The predicted molar refractivity (Wildman–Crippen MR) is 61.0 cm³/mol. The van der Waals surface area contributed by atoms with Gasteiger partial charge in [0.1, 0.15) is 29.5 Å². The third kappa shape index (κ3) is 2.73. The molecule has 0 amide bonds. The molecule has 9 heavy (non-hydrogen) atoms. The maximum Gasteiger partial charge on any atom is 0.146 e. The fourth-order valence-corrected chi connectivity index (χ4v) is 34.6. The van der Waals surface area contributed by atoms with Crippen molar-refractivity contribution in [3.05, 3.63) is 0 Å². The van der Waals surface area contributed by atoms with E-state index in [2.05, 4.69) is 11.7 Å². The van der Waals surface area contributed by atoms with Crippen LogP contribution in [-0.4, -0.2) is 72.4 Å². The standard InChI is InChI=1S/H15N3Si6/c4-1-7-2(5)9-3(6)8-1/h7-9H2,4-6H3. The Balaban J connectivity index is 2.34.